The molecule has 1 aliphatic heterocycles. The van der Waals surface area contributed by atoms with Gasteiger partial charge in [-0.2, -0.15) is 0 Å². The third-order valence-electron chi connectivity index (χ3n) is 5.21. The summed E-state index contributed by atoms with van der Waals surface area (Å²) in [6, 6.07) is 14.1. The van der Waals surface area contributed by atoms with E-state index in [1.54, 1.807) is 0 Å². The van der Waals surface area contributed by atoms with Crippen LogP contribution in [0, 0.1) is 6.92 Å². The van der Waals surface area contributed by atoms with Gasteiger partial charge in [0.1, 0.15) is 5.75 Å². The molecule has 0 radical (unpaired) electrons. The van der Waals surface area contributed by atoms with E-state index in [4.69, 9.17) is 16.3 Å². The molecule has 150 valence electrons. The van der Waals surface area contributed by atoms with Gasteiger partial charge in [-0.05, 0) is 55.2 Å². The number of aryl methyl sites for hydroxylation is 1. The van der Waals surface area contributed by atoms with Gasteiger partial charge in [0.25, 0.3) is 5.91 Å². The van der Waals surface area contributed by atoms with E-state index >= 15 is 0 Å². The van der Waals surface area contributed by atoms with Gasteiger partial charge >= 0.3 is 0 Å². The Labute approximate surface area is 173 Å². The number of piperazine rings is 1. The quantitative estimate of drug-likeness (QED) is 0.716. The lowest BCUT2D eigenvalue weighted by atomic mass is 10.0. The molecule has 1 amide bonds. The van der Waals surface area contributed by atoms with Crippen LogP contribution in [-0.2, 0) is 4.79 Å². The van der Waals surface area contributed by atoms with E-state index in [1.165, 1.54) is 0 Å². The SMILES string of the molecule is Cc1ccc(C(C)C)c(O[C@@H](C)C(=O)N2CCN(c3cccc(Cl)c3)CC2)c1. The molecule has 3 rings (SSSR count). The largest absolute Gasteiger partial charge is 0.481 e. The molecule has 0 unspecified atom stereocenters. The van der Waals surface area contributed by atoms with Crippen LogP contribution < -0.4 is 9.64 Å². The van der Waals surface area contributed by atoms with Crippen molar-refractivity contribution < 1.29 is 9.53 Å². The van der Waals surface area contributed by atoms with Crippen LogP contribution in [0.25, 0.3) is 0 Å². The van der Waals surface area contributed by atoms with E-state index in [1.807, 2.05) is 43.0 Å². The van der Waals surface area contributed by atoms with E-state index in [0.717, 1.165) is 40.7 Å². The highest BCUT2D eigenvalue weighted by Gasteiger charge is 2.27. The highest BCUT2D eigenvalue weighted by Crippen LogP contribution is 2.29. The Kier molecular flexibility index (Phi) is 6.50. The van der Waals surface area contributed by atoms with Crippen molar-refractivity contribution in [3.05, 3.63) is 58.6 Å². The number of carbonyl (C=O) groups is 1. The smallest absolute Gasteiger partial charge is 0.263 e. The maximum Gasteiger partial charge on any atom is 0.263 e. The first-order valence-corrected chi connectivity index (χ1v) is 10.3. The van der Waals surface area contributed by atoms with Gasteiger partial charge in [0, 0.05) is 36.9 Å². The number of ether oxygens (including phenoxy) is 1. The lowest BCUT2D eigenvalue weighted by Gasteiger charge is -2.37. The number of hydrogen-bond acceptors (Lipinski definition) is 3. The van der Waals surface area contributed by atoms with Gasteiger partial charge in [0.15, 0.2) is 6.10 Å². The lowest BCUT2D eigenvalue weighted by Crippen LogP contribution is -2.52. The number of hydrogen-bond donors (Lipinski definition) is 0. The number of carbonyl (C=O) groups excluding carboxylic acids is 1. The van der Waals surface area contributed by atoms with Crippen LogP contribution in [0.1, 0.15) is 37.8 Å². The molecule has 0 saturated carbocycles. The molecule has 1 aliphatic rings. The number of nitrogens with zero attached hydrogens (tertiary/aromatic N) is 2. The van der Waals surface area contributed by atoms with Gasteiger partial charge in [-0.3, -0.25) is 4.79 Å². The Bertz CT molecular complexity index is 829. The van der Waals surface area contributed by atoms with Gasteiger partial charge in [-0.15, -0.1) is 0 Å². The average molecular weight is 401 g/mol. The molecule has 0 N–H and O–H groups in total. The normalized spacial score (nSPS) is 15.6. The predicted molar refractivity (Wildman–Crippen MR) is 116 cm³/mol. The van der Waals surface area contributed by atoms with Crippen LogP contribution in [0.5, 0.6) is 5.75 Å². The topological polar surface area (TPSA) is 32.8 Å². The minimum absolute atomic E-state index is 0.0435. The summed E-state index contributed by atoms with van der Waals surface area (Å²) >= 11 is 6.10. The van der Waals surface area contributed by atoms with Gasteiger partial charge in [-0.25, -0.2) is 0 Å². The molecule has 0 spiro atoms. The summed E-state index contributed by atoms with van der Waals surface area (Å²) in [5.41, 5.74) is 3.37. The molecule has 1 atom stereocenters. The van der Waals surface area contributed by atoms with Crippen molar-refractivity contribution in [1.29, 1.82) is 0 Å². The monoisotopic (exact) mass is 400 g/mol. The highest BCUT2D eigenvalue weighted by molar-refractivity contribution is 6.30. The van der Waals surface area contributed by atoms with E-state index in [-0.39, 0.29) is 5.91 Å². The third-order valence-corrected chi connectivity index (χ3v) is 5.44. The predicted octanol–water partition coefficient (Wildman–Crippen LogP) is 4.89. The van der Waals surface area contributed by atoms with Gasteiger partial charge in [0.2, 0.25) is 0 Å². The van der Waals surface area contributed by atoms with Crippen LogP contribution in [0.15, 0.2) is 42.5 Å². The van der Waals surface area contributed by atoms with Crippen LogP contribution in [0.4, 0.5) is 5.69 Å². The van der Waals surface area contributed by atoms with Gasteiger partial charge in [0.05, 0.1) is 0 Å². The number of rotatable bonds is 5. The molecule has 5 heteroatoms. The standard InChI is InChI=1S/C23H29ClN2O2/c1-16(2)21-9-8-17(3)14-22(21)28-18(4)23(27)26-12-10-25(11-13-26)20-7-5-6-19(24)15-20/h5-9,14-16,18H,10-13H2,1-4H3/t18-/m0/s1. The van der Waals surface area contributed by atoms with Crippen LogP contribution in [-0.4, -0.2) is 43.1 Å². The molecule has 1 heterocycles. The molecule has 0 bridgehead atoms. The number of anilines is 1. The summed E-state index contributed by atoms with van der Waals surface area (Å²) in [4.78, 5) is 17.1. The molecule has 2 aromatic carbocycles. The van der Waals surface area contributed by atoms with Gasteiger partial charge in [-0.1, -0.05) is 43.6 Å². The van der Waals surface area contributed by atoms with Crippen molar-refractivity contribution in [2.24, 2.45) is 0 Å². The molecule has 28 heavy (non-hydrogen) atoms. The molecule has 2 aromatic rings. The first kappa shape index (κ1) is 20.5. The first-order chi connectivity index (χ1) is 13.3. The second-order valence-corrected chi connectivity index (χ2v) is 8.18. The van der Waals surface area contributed by atoms with E-state index in [9.17, 15) is 4.79 Å². The third kappa shape index (κ3) is 4.79. The average Bonchev–Trinajstić information content (AvgIpc) is 2.67. The Hall–Kier alpha value is -2.20. The van der Waals surface area contributed by atoms with Crippen molar-refractivity contribution in [2.75, 3.05) is 31.1 Å². The molecule has 0 aromatic heterocycles. The van der Waals surface area contributed by atoms with Crippen LogP contribution >= 0.6 is 11.6 Å². The van der Waals surface area contributed by atoms with E-state index in [0.29, 0.717) is 19.0 Å². The zero-order valence-electron chi connectivity index (χ0n) is 17.1. The zero-order valence-corrected chi connectivity index (χ0v) is 17.9. The first-order valence-electron chi connectivity index (χ1n) is 9.91. The maximum atomic E-state index is 12.9. The fourth-order valence-electron chi connectivity index (χ4n) is 3.58. The maximum absolute atomic E-state index is 12.9. The Morgan fingerprint density at radius 2 is 1.75 bits per heavy atom. The highest BCUT2D eigenvalue weighted by atomic mass is 35.5. The summed E-state index contributed by atoms with van der Waals surface area (Å²) in [6.45, 7) is 11.1. The molecule has 4 nitrogen and oxygen atoms in total. The summed E-state index contributed by atoms with van der Waals surface area (Å²) < 4.78 is 6.11. The fraction of sp³-hybridized carbons (Fsp3) is 0.435. The molecule has 1 saturated heterocycles. The fourth-order valence-corrected chi connectivity index (χ4v) is 3.76. The van der Waals surface area contributed by atoms with E-state index < -0.39 is 6.10 Å². The molecular formula is C23H29ClN2O2. The Morgan fingerprint density at radius 1 is 1.04 bits per heavy atom. The van der Waals surface area contributed by atoms with Crippen molar-refractivity contribution in [3.8, 4) is 5.75 Å². The Morgan fingerprint density at radius 3 is 2.39 bits per heavy atom. The zero-order chi connectivity index (χ0) is 20.3. The molecule has 1 fully saturated rings. The van der Waals surface area contributed by atoms with Crippen LogP contribution in [0.3, 0.4) is 0 Å². The van der Waals surface area contributed by atoms with Crippen molar-refractivity contribution >= 4 is 23.2 Å². The Balaban J connectivity index is 1.61. The van der Waals surface area contributed by atoms with Crippen molar-refractivity contribution in [3.63, 3.8) is 0 Å². The van der Waals surface area contributed by atoms with E-state index in [2.05, 4.69) is 36.9 Å². The van der Waals surface area contributed by atoms with Crippen LogP contribution in [0.2, 0.25) is 5.02 Å². The summed E-state index contributed by atoms with van der Waals surface area (Å²) in [6.07, 6.45) is -0.503. The molecule has 0 aliphatic carbocycles. The lowest BCUT2D eigenvalue weighted by molar-refractivity contribution is -0.138. The van der Waals surface area contributed by atoms with Crippen molar-refractivity contribution in [2.45, 2.75) is 39.7 Å². The second kappa shape index (κ2) is 8.87. The summed E-state index contributed by atoms with van der Waals surface area (Å²) in [5.74, 6) is 1.20. The number of halogens is 1. The van der Waals surface area contributed by atoms with Gasteiger partial charge < -0.3 is 14.5 Å². The number of benzene rings is 2. The minimum atomic E-state index is -0.503. The summed E-state index contributed by atoms with van der Waals surface area (Å²) in [7, 11) is 0. The summed E-state index contributed by atoms with van der Waals surface area (Å²) in [5, 5.41) is 0.733. The number of amides is 1. The second-order valence-electron chi connectivity index (χ2n) is 7.75. The van der Waals surface area contributed by atoms with Crippen molar-refractivity contribution in [1.82, 2.24) is 4.90 Å². The molecular weight excluding hydrogens is 372 g/mol. The minimum Gasteiger partial charge on any atom is -0.481 e.